The van der Waals surface area contributed by atoms with E-state index in [2.05, 4.69) is 5.32 Å². The Balaban J connectivity index is 1.99. The minimum Gasteiger partial charge on any atom is -0.369 e. The number of hydrogen-bond acceptors (Lipinski definition) is 4. The first-order valence-corrected chi connectivity index (χ1v) is 7.71. The monoisotopic (exact) mass is 318 g/mol. The van der Waals surface area contributed by atoms with Crippen LogP contribution in [0, 0.1) is 0 Å². The largest absolute Gasteiger partial charge is 0.369 e. The molecular weight excluding hydrogens is 296 g/mol. The molecule has 0 saturated heterocycles. The number of carbonyl (C=O) groups excluding carboxylic acids is 3. The number of nitrogens with one attached hydrogen (secondary N) is 1. The van der Waals surface area contributed by atoms with Gasteiger partial charge in [0.1, 0.15) is 6.61 Å². The lowest BCUT2D eigenvalue weighted by Gasteiger charge is -2.33. The molecule has 1 aromatic carbocycles. The summed E-state index contributed by atoms with van der Waals surface area (Å²) in [7, 11) is 0. The third-order valence-corrected chi connectivity index (χ3v) is 3.66. The molecule has 0 atom stereocenters. The molecule has 0 radical (unpaired) electrons. The van der Waals surface area contributed by atoms with Crippen LogP contribution in [0.5, 0.6) is 0 Å². The van der Waals surface area contributed by atoms with E-state index in [-0.39, 0.29) is 30.9 Å². The minimum atomic E-state index is -0.835. The number of carbonyl (C=O) groups is 3. The molecule has 6 heteroatoms. The van der Waals surface area contributed by atoms with E-state index in [0.29, 0.717) is 17.7 Å². The van der Waals surface area contributed by atoms with E-state index in [1.807, 2.05) is 6.92 Å². The number of benzene rings is 1. The number of ether oxygens (including phenoxy) is 1. The van der Waals surface area contributed by atoms with Gasteiger partial charge in [0.15, 0.2) is 0 Å². The molecule has 23 heavy (non-hydrogen) atoms. The number of fused-ring (bicyclic) bond motifs is 1. The zero-order chi connectivity index (χ0) is 17.0. The summed E-state index contributed by atoms with van der Waals surface area (Å²) in [6.45, 7) is 6.07. The van der Waals surface area contributed by atoms with Crippen molar-refractivity contribution in [3.8, 4) is 0 Å². The second kappa shape index (κ2) is 6.91. The van der Waals surface area contributed by atoms with Crippen LogP contribution in [-0.4, -0.2) is 47.9 Å². The highest BCUT2D eigenvalue weighted by molar-refractivity contribution is 6.21. The van der Waals surface area contributed by atoms with Gasteiger partial charge >= 0.3 is 0 Å². The van der Waals surface area contributed by atoms with Gasteiger partial charge in [0, 0.05) is 6.54 Å². The van der Waals surface area contributed by atoms with Crippen molar-refractivity contribution in [2.24, 2.45) is 0 Å². The van der Waals surface area contributed by atoms with Crippen molar-refractivity contribution in [2.75, 3.05) is 19.8 Å². The average Bonchev–Trinajstić information content (AvgIpc) is 2.77. The fraction of sp³-hybridized carbons (Fsp3) is 0.471. The van der Waals surface area contributed by atoms with Crippen molar-refractivity contribution in [2.45, 2.75) is 32.7 Å². The van der Waals surface area contributed by atoms with Crippen molar-refractivity contribution in [3.63, 3.8) is 0 Å². The minimum absolute atomic E-state index is 0.0907. The van der Waals surface area contributed by atoms with Crippen LogP contribution in [0.25, 0.3) is 0 Å². The maximum atomic E-state index is 12.5. The summed E-state index contributed by atoms with van der Waals surface area (Å²) < 4.78 is 5.41. The molecule has 2 rings (SSSR count). The molecule has 1 aromatic rings. The van der Waals surface area contributed by atoms with Gasteiger partial charge in [-0.3, -0.25) is 19.3 Å². The molecular formula is C17H22N2O4. The third-order valence-electron chi connectivity index (χ3n) is 3.66. The van der Waals surface area contributed by atoms with Gasteiger partial charge in [0.05, 0.1) is 23.3 Å². The molecule has 1 aliphatic rings. The quantitative estimate of drug-likeness (QED) is 0.775. The lowest BCUT2D eigenvalue weighted by molar-refractivity contribution is -0.126. The smallest absolute Gasteiger partial charge is 0.262 e. The molecule has 3 amide bonds. The molecule has 124 valence electrons. The first-order valence-electron chi connectivity index (χ1n) is 7.71. The molecule has 0 aliphatic carbocycles. The molecule has 6 nitrogen and oxygen atoms in total. The normalized spacial score (nSPS) is 14.1. The van der Waals surface area contributed by atoms with Crippen LogP contribution >= 0.6 is 0 Å². The van der Waals surface area contributed by atoms with E-state index in [9.17, 15) is 14.4 Å². The maximum Gasteiger partial charge on any atom is 0.262 e. The van der Waals surface area contributed by atoms with E-state index in [0.717, 1.165) is 6.42 Å². The van der Waals surface area contributed by atoms with Crippen molar-refractivity contribution in [1.82, 2.24) is 10.2 Å². The van der Waals surface area contributed by atoms with Gasteiger partial charge in [-0.2, -0.15) is 0 Å². The number of hydrogen-bond donors (Lipinski definition) is 1. The predicted molar refractivity (Wildman–Crippen MR) is 85.1 cm³/mol. The van der Waals surface area contributed by atoms with E-state index in [1.165, 1.54) is 4.90 Å². The van der Waals surface area contributed by atoms with Crippen molar-refractivity contribution in [3.05, 3.63) is 35.4 Å². The summed E-state index contributed by atoms with van der Waals surface area (Å²) in [5, 5.41) is 2.71. The number of amides is 3. The highest BCUT2D eigenvalue weighted by Crippen LogP contribution is 2.29. The second-order valence-corrected chi connectivity index (χ2v) is 6.15. The Kier molecular flexibility index (Phi) is 5.15. The molecule has 0 bridgehead atoms. The lowest BCUT2D eigenvalue weighted by atomic mass is 10.0. The van der Waals surface area contributed by atoms with Crippen molar-refractivity contribution >= 4 is 17.7 Å². The molecule has 1 N–H and O–H groups in total. The van der Waals surface area contributed by atoms with Crippen LogP contribution in [0.4, 0.5) is 0 Å². The second-order valence-electron chi connectivity index (χ2n) is 6.15. The summed E-state index contributed by atoms with van der Waals surface area (Å²) >= 11 is 0. The molecule has 0 saturated carbocycles. The molecule has 0 aromatic heterocycles. The number of imide groups is 1. The van der Waals surface area contributed by atoms with Crippen molar-refractivity contribution in [1.29, 1.82) is 0 Å². The Labute approximate surface area is 135 Å². The number of rotatable bonds is 7. The van der Waals surface area contributed by atoms with Crippen LogP contribution < -0.4 is 5.32 Å². The SMILES string of the molecule is CCCNC(=O)COCC(C)(C)N1C(=O)c2ccccc2C1=O. The average molecular weight is 318 g/mol. The van der Waals surface area contributed by atoms with Gasteiger partial charge in [0.25, 0.3) is 11.8 Å². The first kappa shape index (κ1) is 17.1. The summed E-state index contributed by atoms with van der Waals surface area (Å²) in [4.78, 5) is 37.7. The zero-order valence-electron chi connectivity index (χ0n) is 13.7. The summed E-state index contributed by atoms with van der Waals surface area (Å²) in [6.07, 6.45) is 0.853. The van der Waals surface area contributed by atoms with Crippen LogP contribution in [0.15, 0.2) is 24.3 Å². The molecule has 1 aliphatic heterocycles. The van der Waals surface area contributed by atoms with Gasteiger partial charge < -0.3 is 10.1 Å². The predicted octanol–water partition coefficient (Wildman–Crippen LogP) is 1.60. The van der Waals surface area contributed by atoms with E-state index in [4.69, 9.17) is 4.74 Å². The first-order chi connectivity index (χ1) is 10.9. The summed E-state index contributed by atoms with van der Waals surface area (Å²) in [5.41, 5.74) is -0.0179. The van der Waals surface area contributed by atoms with Gasteiger partial charge in [0.2, 0.25) is 5.91 Å². The van der Waals surface area contributed by atoms with Gasteiger partial charge in [-0.25, -0.2) is 0 Å². The van der Waals surface area contributed by atoms with Crippen LogP contribution in [0.1, 0.15) is 47.9 Å². The van der Waals surface area contributed by atoms with Crippen LogP contribution in [0.3, 0.4) is 0 Å². The Morgan fingerprint density at radius 1 is 1.17 bits per heavy atom. The lowest BCUT2D eigenvalue weighted by Crippen LogP contribution is -2.51. The Hall–Kier alpha value is -2.21. The van der Waals surface area contributed by atoms with Crippen molar-refractivity contribution < 1.29 is 19.1 Å². The fourth-order valence-electron chi connectivity index (χ4n) is 2.51. The highest BCUT2D eigenvalue weighted by atomic mass is 16.5. The maximum absolute atomic E-state index is 12.5. The van der Waals surface area contributed by atoms with Gasteiger partial charge in [-0.15, -0.1) is 0 Å². The summed E-state index contributed by atoms with van der Waals surface area (Å²) in [5.74, 6) is -0.853. The van der Waals surface area contributed by atoms with Crippen LogP contribution in [-0.2, 0) is 9.53 Å². The Morgan fingerprint density at radius 2 is 1.74 bits per heavy atom. The highest BCUT2D eigenvalue weighted by Gasteiger charge is 2.44. The third kappa shape index (κ3) is 3.59. The van der Waals surface area contributed by atoms with Gasteiger partial charge in [-0.05, 0) is 32.4 Å². The Bertz CT molecular complexity index is 590. The van der Waals surface area contributed by atoms with E-state index < -0.39 is 5.54 Å². The van der Waals surface area contributed by atoms with E-state index in [1.54, 1.807) is 38.1 Å². The standard InChI is InChI=1S/C17H22N2O4/c1-4-9-18-14(20)10-23-11-17(2,3)19-15(21)12-7-5-6-8-13(12)16(19)22/h5-8H,4,9-11H2,1-3H3,(H,18,20). The summed E-state index contributed by atoms with van der Waals surface area (Å²) in [6, 6.07) is 6.75. The topological polar surface area (TPSA) is 75.7 Å². The Morgan fingerprint density at radius 3 is 2.26 bits per heavy atom. The van der Waals surface area contributed by atoms with Gasteiger partial charge in [-0.1, -0.05) is 19.1 Å². The molecule has 0 unspecified atom stereocenters. The number of nitrogens with zero attached hydrogens (tertiary/aromatic N) is 1. The molecule has 0 fully saturated rings. The van der Waals surface area contributed by atoms with E-state index >= 15 is 0 Å². The van der Waals surface area contributed by atoms with Crippen LogP contribution in [0.2, 0.25) is 0 Å². The molecule has 1 heterocycles. The molecule has 0 spiro atoms. The zero-order valence-corrected chi connectivity index (χ0v) is 13.7. The fourth-order valence-corrected chi connectivity index (χ4v) is 2.51.